The van der Waals surface area contributed by atoms with E-state index < -0.39 is 5.41 Å². The third-order valence-electron chi connectivity index (χ3n) is 7.04. The third-order valence-corrected chi connectivity index (χ3v) is 7.04. The van der Waals surface area contributed by atoms with Crippen LogP contribution in [-0.4, -0.2) is 51.4 Å². The molecule has 4 heterocycles. The quantitative estimate of drug-likeness (QED) is 0.470. The molecule has 1 aromatic heterocycles. The Bertz CT molecular complexity index is 1430. The van der Waals surface area contributed by atoms with E-state index in [-0.39, 0.29) is 22.3 Å². The number of fused-ring (bicyclic) bond motifs is 1. The second kappa shape index (κ2) is 9.78. The lowest BCUT2D eigenvalue weighted by atomic mass is 9.89. The number of carbonyl (C=O) groups is 2. The van der Waals surface area contributed by atoms with Crippen LogP contribution in [0.1, 0.15) is 42.6 Å². The number of aliphatic imine (C=N–C) groups is 2. The molecule has 3 aliphatic heterocycles. The fourth-order valence-electron chi connectivity index (χ4n) is 4.93. The molecular formula is C28H29N8O2+. The van der Waals surface area contributed by atoms with Crippen LogP contribution in [0.15, 0.2) is 82.4 Å². The van der Waals surface area contributed by atoms with Gasteiger partial charge in [-0.2, -0.15) is 16.1 Å². The Hall–Kier alpha value is -4.46. The highest BCUT2D eigenvalue weighted by atomic mass is 16.2. The molecule has 1 fully saturated rings. The van der Waals surface area contributed by atoms with Gasteiger partial charge in [0.05, 0.1) is 24.0 Å². The summed E-state index contributed by atoms with van der Waals surface area (Å²) < 4.78 is -0.146. The maximum atomic E-state index is 13.0. The molecule has 10 heteroatoms. The molecule has 2 atom stereocenters. The van der Waals surface area contributed by atoms with Gasteiger partial charge in [-0.05, 0) is 63.1 Å². The van der Waals surface area contributed by atoms with Crippen molar-refractivity contribution in [2.75, 3.05) is 18.4 Å². The summed E-state index contributed by atoms with van der Waals surface area (Å²) in [5.41, 5.74) is 1.70. The van der Waals surface area contributed by atoms with Gasteiger partial charge < -0.3 is 10.2 Å². The molecule has 1 aromatic carbocycles. The largest absolute Gasteiger partial charge is 0.341 e. The molecule has 0 aliphatic carbocycles. The van der Waals surface area contributed by atoms with E-state index in [4.69, 9.17) is 10.8 Å². The number of rotatable bonds is 5. The first-order chi connectivity index (χ1) is 18.2. The number of amidine groups is 1. The number of nitrogens with two attached hydrogens (primary N) is 1. The van der Waals surface area contributed by atoms with Gasteiger partial charge in [-0.3, -0.25) is 14.6 Å². The molecule has 3 N–H and O–H groups in total. The lowest BCUT2D eigenvalue weighted by molar-refractivity contribution is -0.750. The maximum Gasteiger partial charge on any atom is 0.264 e. The topological polar surface area (TPSA) is 137 Å². The van der Waals surface area contributed by atoms with Crippen molar-refractivity contribution in [2.24, 2.45) is 27.2 Å². The zero-order valence-corrected chi connectivity index (χ0v) is 21.3. The molecule has 5 rings (SSSR count). The van der Waals surface area contributed by atoms with Gasteiger partial charge in [0.1, 0.15) is 23.1 Å². The van der Waals surface area contributed by atoms with Gasteiger partial charge in [0.25, 0.3) is 11.7 Å². The number of allylic oxidation sites excluding steroid dienone is 1. The third kappa shape index (κ3) is 4.53. The first-order valence-corrected chi connectivity index (χ1v) is 12.5. The number of pyridine rings is 1. The van der Waals surface area contributed by atoms with Gasteiger partial charge in [-0.15, -0.1) is 4.59 Å². The number of anilines is 1. The monoisotopic (exact) mass is 509 g/mol. The molecule has 3 aliphatic rings. The van der Waals surface area contributed by atoms with Crippen LogP contribution in [0.5, 0.6) is 0 Å². The van der Waals surface area contributed by atoms with E-state index in [1.807, 2.05) is 12.1 Å². The molecule has 2 aromatic rings. The van der Waals surface area contributed by atoms with Crippen LogP contribution in [0.4, 0.5) is 5.82 Å². The van der Waals surface area contributed by atoms with Crippen molar-refractivity contribution >= 4 is 29.7 Å². The molecule has 0 spiro atoms. The van der Waals surface area contributed by atoms with Crippen molar-refractivity contribution in [1.82, 2.24) is 9.88 Å². The minimum atomic E-state index is -1.09. The number of amides is 2. The molecule has 2 amide bonds. The first-order valence-electron chi connectivity index (χ1n) is 12.5. The lowest BCUT2D eigenvalue weighted by Crippen LogP contribution is -2.53. The molecule has 192 valence electrons. The summed E-state index contributed by atoms with van der Waals surface area (Å²) >= 11 is 0. The molecule has 1 saturated heterocycles. The Labute approximate surface area is 221 Å². The number of carbonyl (C=O) groups excluding carboxylic acids is 2. The van der Waals surface area contributed by atoms with Crippen molar-refractivity contribution in [3.63, 3.8) is 0 Å². The Kier molecular flexibility index (Phi) is 6.48. The first kappa shape index (κ1) is 25.2. The number of nitriles is 1. The van der Waals surface area contributed by atoms with E-state index >= 15 is 0 Å². The van der Waals surface area contributed by atoms with E-state index in [0.29, 0.717) is 30.3 Å². The Morgan fingerprint density at radius 3 is 2.71 bits per heavy atom. The molecule has 2 unspecified atom stereocenters. The summed E-state index contributed by atoms with van der Waals surface area (Å²) in [6, 6.07) is 14.5. The number of nitrogens with zero attached hydrogens (tertiary/aromatic N) is 6. The summed E-state index contributed by atoms with van der Waals surface area (Å²) in [5.74, 6) is 7.47. The fraction of sp³-hybridized carbons (Fsp3) is 0.286. The SMILES string of the molecule is CC(C)(C#N)C(=O)N1CCCC(C2=C3C=NC=C[N+]3(N)C(c3ccc(C(=O)Nc4ccccn4)cc3)=N2)C1. The predicted octanol–water partition coefficient (Wildman–Crippen LogP) is 3.34. The van der Waals surface area contributed by atoms with Gasteiger partial charge in [0.15, 0.2) is 0 Å². The smallest absolute Gasteiger partial charge is 0.264 e. The molecule has 0 bridgehead atoms. The van der Waals surface area contributed by atoms with Crippen molar-refractivity contribution in [1.29, 1.82) is 5.26 Å². The molecular weight excluding hydrogens is 480 g/mol. The maximum absolute atomic E-state index is 13.0. The van der Waals surface area contributed by atoms with E-state index in [9.17, 15) is 14.9 Å². The number of piperidine rings is 1. The number of hydrogen-bond acceptors (Lipinski definition) is 7. The van der Waals surface area contributed by atoms with Gasteiger partial charge in [0.2, 0.25) is 11.6 Å². The molecule has 0 saturated carbocycles. The summed E-state index contributed by atoms with van der Waals surface area (Å²) in [4.78, 5) is 40.9. The van der Waals surface area contributed by atoms with Gasteiger partial charge >= 0.3 is 0 Å². The van der Waals surface area contributed by atoms with Crippen LogP contribution < -0.4 is 11.2 Å². The highest BCUT2D eigenvalue weighted by Gasteiger charge is 2.47. The average Bonchev–Trinajstić information content (AvgIpc) is 3.26. The van der Waals surface area contributed by atoms with Gasteiger partial charge in [-0.25, -0.2) is 4.98 Å². The molecule has 38 heavy (non-hydrogen) atoms. The van der Waals surface area contributed by atoms with Crippen LogP contribution in [-0.2, 0) is 4.79 Å². The summed E-state index contributed by atoms with van der Waals surface area (Å²) in [5, 5.41) is 12.2. The summed E-state index contributed by atoms with van der Waals surface area (Å²) in [6.07, 6.45) is 8.40. The number of aromatic nitrogens is 1. The number of nitrogens with one attached hydrogen (secondary N) is 1. The second-order valence-electron chi connectivity index (χ2n) is 10.1. The van der Waals surface area contributed by atoms with Crippen LogP contribution >= 0.6 is 0 Å². The standard InChI is InChI=1S/C28H28N8O2/c1-28(2,18-29)27(38)35-14-5-6-21(17-35)24-22-16-31-13-15-36(22,30)25(34-24)19-8-10-20(11-9-19)26(37)33-23-7-3-4-12-32-23/h3-4,7-13,15-16,21H,5-6,14,17,30H2,1-2H3/p+1. The van der Waals surface area contributed by atoms with Gasteiger partial charge in [-0.1, -0.05) is 6.07 Å². The summed E-state index contributed by atoms with van der Waals surface area (Å²) in [6.45, 7) is 4.36. The van der Waals surface area contributed by atoms with E-state index in [0.717, 1.165) is 29.8 Å². The van der Waals surface area contributed by atoms with Crippen molar-refractivity contribution < 1.29 is 14.2 Å². The highest BCUT2D eigenvalue weighted by Crippen LogP contribution is 2.38. The minimum absolute atomic E-state index is 0.0443. The van der Waals surface area contributed by atoms with Crippen LogP contribution in [0, 0.1) is 22.7 Å². The van der Waals surface area contributed by atoms with Crippen molar-refractivity contribution in [3.05, 3.63) is 83.6 Å². The van der Waals surface area contributed by atoms with E-state index in [2.05, 4.69) is 21.4 Å². The number of likely N-dealkylation sites (tertiary alicyclic amines) is 1. The van der Waals surface area contributed by atoms with Crippen molar-refractivity contribution in [3.8, 4) is 6.07 Å². The number of benzene rings is 1. The molecule has 10 nitrogen and oxygen atoms in total. The lowest BCUT2D eigenvalue weighted by Gasteiger charge is -2.35. The predicted molar refractivity (Wildman–Crippen MR) is 143 cm³/mol. The Balaban J connectivity index is 1.41. The van der Waals surface area contributed by atoms with Crippen LogP contribution in [0.3, 0.4) is 0 Å². The average molecular weight is 510 g/mol. The minimum Gasteiger partial charge on any atom is -0.341 e. The zero-order chi connectivity index (χ0) is 26.9. The number of quaternary nitrogens is 1. The number of hydrogen-bond donors (Lipinski definition) is 2. The van der Waals surface area contributed by atoms with E-state index in [1.165, 1.54) is 0 Å². The van der Waals surface area contributed by atoms with Gasteiger partial charge in [0, 0.05) is 30.8 Å². The normalized spacial score (nSPS) is 22.5. The van der Waals surface area contributed by atoms with Crippen molar-refractivity contribution in [2.45, 2.75) is 26.7 Å². The Morgan fingerprint density at radius 2 is 2.00 bits per heavy atom. The summed E-state index contributed by atoms with van der Waals surface area (Å²) in [7, 11) is 0. The van der Waals surface area contributed by atoms with E-state index in [1.54, 1.807) is 73.9 Å². The fourth-order valence-corrected chi connectivity index (χ4v) is 4.93. The molecule has 0 radical (unpaired) electrons. The zero-order valence-electron chi connectivity index (χ0n) is 21.3. The Morgan fingerprint density at radius 1 is 1.21 bits per heavy atom. The van der Waals surface area contributed by atoms with Crippen LogP contribution in [0.2, 0.25) is 0 Å². The van der Waals surface area contributed by atoms with Crippen LogP contribution in [0.25, 0.3) is 0 Å². The highest BCUT2D eigenvalue weighted by molar-refractivity contribution is 6.05. The second-order valence-corrected chi connectivity index (χ2v) is 10.1.